The summed E-state index contributed by atoms with van der Waals surface area (Å²) in [6.45, 7) is 0. The third-order valence-corrected chi connectivity index (χ3v) is 16.0. The van der Waals surface area contributed by atoms with Crippen molar-refractivity contribution in [1.29, 1.82) is 0 Å². The molecule has 0 aliphatic carbocycles. The predicted molar refractivity (Wildman–Crippen MR) is 123 cm³/mol. The van der Waals surface area contributed by atoms with Gasteiger partial charge in [-0.25, -0.2) is 0 Å². The minimum atomic E-state index is -2.88. The quantitative estimate of drug-likeness (QED) is 0.373. The Kier molecular flexibility index (Phi) is 5.62. The van der Waals surface area contributed by atoms with E-state index in [9.17, 15) is 0 Å². The Bertz CT molecular complexity index is 884. The first kappa shape index (κ1) is 18.3. The van der Waals surface area contributed by atoms with Crippen molar-refractivity contribution in [1.82, 2.24) is 0 Å². The van der Waals surface area contributed by atoms with E-state index in [0.29, 0.717) is 0 Å². The molecule has 0 N–H and O–H groups in total. The fraction of sp³-hybridized carbons (Fsp3) is 0.0400. The second-order valence-corrected chi connectivity index (χ2v) is 15.9. The molecule has 0 unspecified atom stereocenters. The van der Waals surface area contributed by atoms with Crippen LogP contribution in [0.2, 0.25) is 0 Å². The van der Waals surface area contributed by atoms with Crippen LogP contribution in [0.25, 0.3) is 0 Å². The van der Waals surface area contributed by atoms with E-state index in [1.807, 2.05) is 0 Å². The Morgan fingerprint density at radius 3 is 1.22 bits per heavy atom. The van der Waals surface area contributed by atoms with Crippen molar-refractivity contribution in [3.05, 3.63) is 125 Å². The molecule has 0 spiro atoms. The van der Waals surface area contributed by atoms with Crippen molar-refractivity contribution in [2.24, 2.45) is 0 Å². The van der Waals surface area contributed by atoms with Crippen LogP contribution in [0.15, 0.2) is 120 Å². The molecule has 0 amide bonds. The first-order chi connectivity index (χ1) is 13.3. The second kappa shape index (κ2) is 8.29. The molecule has 0 fully saturated rings. The van der Waals surface area contributed by atoms with Gasteiger partial charge >= 0.3 is 173 Å². The molecule has 134 valence electrons. The summed E-state index contributed by atoms with van der Waals surface area (Å²) in [7, 11) is 0. The summed E-state index contributed by atoms with van der Waals surface area (Å²) < 4.78 is 5.62. The van der Waals surface area contributed by atoms with Crippen LogP contribution in [-0.2, 0) is 5.21 Å². The first-order valence-corrected chi connectivity index (χ1v) is 14.6. The van der Waals surface area contributed by atoms with Crippen molar-refractivity contribution in [2.45, 2.75) is 5.21 Å². The molecule has 0 atom stereocenters. The van der Waals surface area contributed by atoms with Gasteiger partial charge in [0, 0.05) is 0 Å². The van der Waals surface area contributed by atoms with Crippen LogP contribution in [0.4, 0.5) is 0 Å². The molecule has 4 rings (SSSR count). The van der Waals surface area contributed by atoms with Crippen molar-refractivity contribution in [3.8, 4) is 0 Å². The van der Waals surface area contributed by atoms with Gasteiger partial charge in [-0.05, 0) is 0 Å². The zero-order chi connectivity index (χ0) is 18.5. The molecule has 0 aromatic heterocycles. The molecular formula is C25H22AsBr. The fourth-order valence-electron chi connectivity index (χ4n) is 3.88. The van der Waals surface area contributed by atoms with Gasteiger partial charge in [0.05, 0.1) is 0 Å². The first-order valence-electron chi connectivity index (χ1n) is 9.20. The molecule has 0 aliphatic heterocycles. The van der Waals surface area contributed by atoms with Gasteiger partial charge in [-0.2, -0.15) is 0 Å². The van der Waals surface area contributed by atoms with Crippen LogP contribution in [0.5, 0.6) is 0 Å². The number of benzene rings is 4. The van der Waals surface area contributed by atoms with Gasteiger partial charge in [0.15, 0.2) is 0 Å². The van der Waals surface area contributed by atoms with E-state index < -0.39 is 13.6 Å². The second-order valence-electron chi connectivity index (χ2n) is 6.81. The van der Waals surface area contributed by atoms with Crippen LogP contribution in [0, 0.1) is 0 Å². The van der Waals surface area contributed by atoms with Crippen molar-refractivity contribution >= 4 is 42.5 Å². The Morgan fingerprint density at radius 1 is 0.481 bits per heavy atom. The van der Waals surface area contributed by atoms with Crippen LogP contribution in [0.1, 0.15) is 5.56 Å². The maximum absolute atomic E-state index is 3.58. The van der Waals surface area contributed by atoms with Gasteiger partial charge in [0.2, 0.25) is 0 Å². The van der Waals surface area contributed by atoms with E-state index in [0.717, 1.165) is 9.68 Å². The molecule has 0 nitrogen and oxygen atoms in total. The molecule has 0 saturated heterocycles. The minimum absolute atomic E-state index is 1.09. The summed E-state index contributed by atoms with van der Waals surface area (Å²) in [5.41, 5.74) is 1.40. The van der Waals surface area contributed by atoms with Gasteiger partial charge in [-0.3, -0.25) is 0 Å². The van der Waals surface area contributed by atoms with Crippen LogP contribution >= 0.6 is 15.9 Å². The molecule has 0 aliphatic rings. The van der Waals surface area contributed by atoms with Gasteiger partial charge in [-0.15, -0.1) is 0 Å². The SMILES string of the molecule is Brc1ccc(C[AsH](c2ccccc2)(c2ccccc2)c2ccccc2)cc1. The molecule has 27 heavy (non-hydrogen) atoms. The standard InChI is InChI=1S/C25H22AsBr/c27-25-18-16-21(17-19-25)20-26(22-10-4-1-5-11-22,23-12-6-2-7-13-23)24-14-8-3-9-15-24/h1-19,26H,20H2. The third kappa shape index (κ3) is 3.81. The monoisotopic (exact) mass is 476 g/mol. The van der Waals surface area contributed by atoms with E-state index >= 15 is 0 Å². The zero-order valence-corrected chi connectivity index (χ0v) is 18.7. The summed E-state index contributed by atoms with van der Waals surface area (Å²) >= 11 is 0.692. The Labute approximate surface area is 172 Å². The van der Waals surface area contributed by atoms with Crippen molar-refractivity contribution < 1.29 is 0 Å². The summed E-state index contributed by atoms with van der Waals surface area (Å²) in [5, 5.41) is 1.09. The van der Waals surface area contributed by atoms with E-state index in [2.05, 4.69) is 131 Å². The molecular weight excluding hydrogens is 455 g/mol. The Morgan fingerprint density at radius 2 is 0.852 bits per heavy atom. The number of halogens is 1. The molecule has 4 aromatic rings. The number of rotatable bonds is 5. The van der Waals surface area contributed by atoms with Gasteiger partial charge in [0.25, 0.3) is 0 Å². The number of hydrogen-bond acceptors (Lipinski definition) is 0. The average Bonchev–Trinajstić information content (AvgIpc) is 2.75. The zero-order valence-electron chi connectivity index (χ0n) is 15.1. The van der Waals surface area contributed by atoms with E-state index in [4.69, 9.17) is 0 Å². The molecule has 0 radical (unpaired) electrons. The van der Waals surface area contributed by atoms with Gasteiger partial charge < -0.3 is 0 Å². The van der Waals surface area contributed by atoms with Gasteiger partial charge in [-0.1, -0.05) is 0 Å². The van der Waals surface area contributed by atoms with E-state index in [1.165, 1.54) is 18.6 Å². The Hall–Kier alpha value is -2.08. The summed E-state index contributed by atoms with van der Waals surface area (Å²) in [5.74, 6) is 0. The van der Waals surface area contributed by atoms with Gasteiger partial charge in [0.1, 0.15) is 0 Å². The topological polar surface area (TPSA) is 0 Å². The predicted octanol–water partition coefficient (Wildman–Crippen LogP) is 4.43. The molecule has 4 aromatic carbocycles. The normalized spacial score (nSPS) is 11.9. The van der Waals surface area contributed by atoms with Crippen LogP contribution < -0.4 is 13.1 Å². The Balaban J connectivity index is 1.98. The molecule has 0 saturated carbocycles. The van der Waals surface area contributed by atoms with E-state index in [1.54, 1.807) is 0 Å². The summed E-state index contributed by atoms with van der Waals surface area (Å²) in [6, 6.07) is 42.3. The molecule has 0 heterocycles. The fourth-order valence-corrected chi connectivity index (χ4v) is 14.1. The summed E-state index contributed by atoms with van der Waals surface area (Å²) in [4.78, 5) is 0. The third-order valence-electron chi connectivity index (χ3n) is 5.18. The summed E-state index contributed by atoms with van der Waals surface area (Å²) in [6.07, 6.45) is 0. The van der Waals surface area contributed by atoms with Crippen molar-refractivity contribution in [3.63, 3.8) is 0 Å². The van der Waals surface area contributed by atoms with Crippen LogP contribution in [0.3, 0.4) is 0 Å². The molecule has 0 bridgehead atoms. The van der Waals surface area contributed by atoms with Crippen LogP contribution in [-0.4, -0.2) is 13.6 Å². The van der Waals surface area contributed by atoms with Crippen molar-refractivity contribution in [2.75, 3.05) is 0 Å². The maximum atomic E-state index is 3.58. The molecule has 2 heteroatoms. The van der Waals surface area contributed by atoms with E-state index in [-0.39, 0.29) is 0 Å². The average molecular weight is 477 g/mol. The number of hydrogen-bond donors (Lipinski definition) is 0.